The van der Waals surface area contributed by atoms with Gasteiger partial charge in [0.15, 0.2) is 9.66 Å². The van der Waals surface area contributed by atoms with Crippen LogP contribution in [0.25, 0.3) is 90.9 Å². The van der Waals surface area contributed by atoms with Gasteiger partial charge in [-0.1, -0.05) is 83.3 Å². The average molecular weight is 672 g/mol. The van der Waals surface area contributed by atoms with Crippen molar-refractivity contribution >= 4 is 118 Å². The summed E-state index contributed by atoms with van der Waals surface area (Å²) in [6, 6.07) is 37.1. The highest BCUT2D eigenvalue weighted by molar-refractivity contribution is 7.33. The summed E-state index contributed by atoms with van der Waals surface area (Å²) in [6.07, 6.45) is 0. The molecule has 0 radical (unpaired) electrons. The summed E-state index contributed by atoms with van der Waals surface area (Å²) in [4.78, 5) is 21.8. The first-order valence-electron chi connectivity index (χ1n) is 13.9. The fourth-order valence-corrected chi connectivity index (χ4v) is 12.1. The van der Waals surface area contributed by atoms with Gasteiger partial charge in [-0.15, -0.1) is 45.3 Å². The van der Waals surface area contributed by atoms with Gasteiger partial charge in [0.1, 0.15) is 19.9 Å². The third-order valence-corrected chi connectivity index (χ3v) is 14.5. The second-order valence-corrected chi connectivity index (χ2v) is 16.7. The Morgan fingerprint density at radius 2 is 0.886 bits per heavy atom. The molecule has 0 aliphatic rings. The third-order valence-electron chi connectivity index (χ3n) is 7.68. The zero-order chi connectivity index (χ0) is 28.8. The minimum atomic E-state index is 1.01. The number of benzene rings is 4. The van der Waals surface area contributed by atoms with Crippen molar-refractivity contribution in [3.8, 4) is 40.8 Å². The summed E-state index contributed by atoms with van der Waals surface area (Å²) < 4.78 is 3.84. The van der Waals surface area contributed by atoms with Crippen molar-refractivity contribution in [2.24, 2.45) is 0 Å². The molecule has 10 rings (SSSR count). The molecule has 6 heterocycles. The Kier molecular flexibility index (Phi) is 5.70. The second-order valence-electron chi connectivity index (χ2n) is 10.5. The summed E-state index contributed by atoms with van der Waals surface area (Å²) in [5.41, 5.74) is 2.40. The SMILES string of the molecule is c1ccc(-c2cc3sc(-c4cc5cc6cc7sc(-c8nc9sc(-c%10ccccc%10)nc9s8)cc7cc6cc5s4)nc3s2)cc1. The molecule has 4 aromatic carbocycles. The van der Waals surface area contributed by atoms with Crippen molar-refractivity contribution < 1.29 is 0 Å². The number of nitrogens with zero attached hydrogens (tertiary/aromatic N) is 3. The monoisotopic (exact) mass is 671 g/mol. The highest BCUT2D eigenvalue weighted by Crippen LogP contribution is 2.45. The van der Waals surface area contributed by atoms with Crippen molar-refractivity contribution in [1.82, 2.24) is 15.0 Å². The number of hydrogen-bond donors (Lipinski definition) is 0. The highest BCUT2D eigenvalue weighted by atomic mass is 32.1. The lowest BCUT2D eigenvalue weighted by Crippen LogP contribution is -1.72. The zero-order valence-corrected chi connectivity index (χ0v) is 27.5. The molecule has 44 heavy (non-hydrogen) atoms. The van der Waals surface area contributed by atoms with Gasteiger partial charge in [-0.25, -0.2) is 15.0 Å². The molecule has 0 fully saturated rings. The van der Waals surface area contributed by atoms with Crippen LogP contribution in [0, 0.1) is 0 Å². The molecule has 9 heteroatoms. The van der Waals surface area contributed by atoms with Gasteiger partial charge in [0.2, 0.25) is 0 Å². The topological polar surface area (TPSA) is 38.7 Å². The first-order valence-corrected chi connectivity index (χ1v) is 18.8. The molecule has 0 bridgehead atoms. The van der Waals surface area contributed by atoms with Gasteiger partial charge in [0.05, 0.1) is 14.5 Å². The number of rotatable bonds is 4. The van der Waals surface area contributed by atoms with Gasteiger partial charge in [-0.2, -0.15) is 0 Å². The van der Waals surface area contributed by atoms with Crippen LogP contribution < -0.4 is 0 Å². The third kappa shape index (κ3) is 4.19. The molecule has 0 amide bonds. The molecule has 0 aliphatic heterocycles. The van der Waals surface area contributed by atoms with Crippen LogP contribution in [-0.4, -0.2) is 15.0 Å². The summed E-state index contributed by atoms with van der Waals surface area (Å²) in [7, 11) is 0. The van der Waals surface area contributed by atoms with E-state index in [0.717, 1.165) is 35.1 Å². The molecule has 0 N–H and O–H groups in total. The van der Waals surface area contributed by atoms with Crippen molar-refractivity contribution in [3.05, 3.63) is 103 Å². The van der Waals surface area contributed by atoms with Gasteiger partial charge >= 0.3 is 0 Å². The lowest BCUT2D eigenvalue weighted by Gasteiger charge is -1.99. The fourth-order valence-electron chi connectivity index (χ4n) is 5.57. The number of hydrogen-bond acceptors (Lipinski definition) is 9. The van der Waals surface area contributed by atoms with Crippen LogP contribution in [0.5, 0.6) is 0 Å². The lowest BCUT2D eigenvalue weighted by atomic mass is 10.1. The fraction of sp³-hybridized carbons (Fsp3) is 0. The van der Waals surface area contributed by atoms with Gasteiger partial charge < -0.3 is 0 Å². The van der Waals surface area contributed by atoms with Crippen LogP contribution in [0.1, 0.15) is 0 Å². The van der Waals surface area contributed by atoms with E-state index in [1.54, 1.807) is 45.3 Å². The van der Waals surface area contributed by atoms with Gasteiger partial charge in [-0.3, -0.25) is 0 Å². The van der Waals surface area contributed by atoms with Gasteiger partial charge in [-0.05, 0) is 69.6 Å². The molecular formula is C35H17N3S6. The Balaban J connectivity index is 0.982. The molecule has 0 unspecified atom stereocenters. The Morgan fingerprint density at radius 3 is 1.52 bits per heavy atom. The zero-order valence-electron chi connectivity index (χ0n) is 22.6. The van der Waals surface area contributed by atoms with E-state index < -0.39 is 0 Å². The van der Waals surface area contributed by atoms with E-state index in [9.17, 15) is 0 Å². The normalized spacial score (nSPS) is 12.1. The average Bonchev–Trinajstić information content (AvgIpc) is 3.88. The summed E-state index contributed by atoms with van der Waals surface area (Å²) in [6.45, 7) is 0. The lowest BCUT2D eigenvalue weighted by molar-refractivity contribution is 1.49. The first-order chi connectivity index (χ1) is 21.7. The van der Waals surface area contributed by atoms with Crippen LogP contribution in [0.3, 0.4) is 0 Å². The molecule has 6 aromatic heterocycles. The quantitative estimate of drug-likeness (QED) is 0.187. The molecule has 0 saturated carbocycles. The van der Waals surface area contributed by atoms with Crippen LogP contribution >= 0.6 is 68.0 Å². The van der Waals surface area contributed by atoms with Crippen LogP contribution in [0.15, 0.2) is 103 Å². The minimum Gasteiger partial charge on any atom is -0.224 e. The van der Waals surface area contributed by atoms with Crippen molar-refractivity contribution in [2.75, 3.05) is 0 Å². The van der Waals surface area contributed by atoms with Gasteiger partial charge in [0.25, 0.3) is 0 Å². The molecule has 208 valence electrons. The van der Waals surface area contributed by atoms with E-state index in [0.29, 0.717) is 0 Å². The van der Waals surface area contributed by atoms with Crippen molar-refractivity contribution in [1.29, 1.82) is 0 Å². The van der Waals surface area contributed by atoms with Gasteiger partial charge in [0, 0.05) is 19.8 Å². The minimum absolute atomic E-state index is 1.01. The molecule has 0 spiro atoms. The predicted octanol–water partition coefficient (Wildman–Crippen LogP) is 12.7. The molecular weight excluding hydrogens is 655 g/mol. The molecule has 10 aromatic rings. The van der Waals surface area contributed by atoms with Crippen molar-refractivity contribution in [2.45, 2.75) is 0 Å². The Morgan fingerprint density at radius 1 is 0.341 bits per heavy atom. The number of aromatic nitrogens is 3. The maximum Gasteiger partial charge on any atom is 0.155 e. The highest BCUT2D eigenvalue weighted by Gasteiger charge is 2.17. The van der Waals surface area contributed by atoms with Crippen LogP contribution in [0.4, 0.5) is 0 Å². The van der Waals surface area contributed by atoms with Crippen molar-refractivity contribution in [3.63, 3.8) is 0 Å². The molecule has 3 nitrogen and oxygen atoms in total. The Labute approximate surface area is 275 Å². The smallest absolute Gasteiger partial charge is 0.155 e. The number of thiophene rings is 3. The van der Waals surface area contributed by atoms with Crippen LogP contribution in [-0.2, 0) is 0 Å². The predicted molar refractivity (Wildman–Crippen MR) is 196 cm³/mol. The molecule has 0 atom stereocenters. The molecule has 0 aliphatic carbocycles. The number of thiazole rings is 3. The van der Waals surface area contributed by atoms with E-state index in [1.165, 1.54) is 55.8 Å². The Hall–Kier alpha value is -3.83. The summed E-state index contributed by atoms with van der Waals surface area (Å²) in [5.74, 6) is 0. The number of fused-ring (bicyclic) bond motifs is 5. The van der Waals surface area contributed by atoms with Crippen LogP contribution in [0.2, 0.25) is 0 Å². The maximum atomic E-state index is 5.04. The largest absolute Gasteiger partial charge is 0.224 e. The van der Waals surface area contributed by atoms with E-state index in [2.05, 4.69) is 97.1 Å². The molecule has 0 saturated heterocycles. The van der Waals surface area contributed by atoms with E-state index in [-0.39, 0.29) is 0 Å². The summed E-state index contributed by atoms with van der Waals surface area (Å²) in [5, 5.41) is 8.26. The standard InChI is InChI=1S/C35H17N3S6/c1-3-7-18(8-4-1)26-17-29-32(41-26)37-31(42-29)27-15-22-11-20-14-25-23(12-21(20)13-24(22)39-27)16-28(40-25)33-38-35-34(44-33)36-30(43-35)19-9-5-2-6-10-19/h1-17H. The first kappa shape index (κ1) is 25.5. The van der Waals surface area contributed by atoms with E-state index >= 15 is 0 Å². The van der Waals surface area contributed by atoms with E-state index in [1.807, 2.05) is 28.7 Å². The Bertz CT molecular complexity index is 2350. The van der Waals surface area contributed by atoms with E-state index in [4.69, 9.17) is 15.0 Å². The second kappa shape index (κ2) is 9.84. The maximum absolute atomic E-state index is 5.04. The summed E-state index contributed by atoms with van der Waals surface area (Å²) >= 11 is 10.6.